The number of hydrogen-bond acceptors (Lipinski definition) is 6. The summed E-state index contributed by atoms with van der Waals surface area (Å²) >= 11 is 0. The SMILES string of the molecule is Cc1cc2cnc(NC(=O)C3CC3c3ccccn3)cc2cc1C1CCN([C@]2(C)COC[C@@H]2O)CC1. The van der Waals surface area contributed by atoms with Crippen LogP contribution in [0.3, 0.4) is 0 Å². The molecule has 3 fully saturated rings. The third-order valence-electron chi connectivity index (χ3n) is 8.60. The lowest BCUT2D eigenvalue weighted by Crippen LogP contribution is -2.56. The molecule has 4 atom stereocenters. The summed E-state index contributed by atoms with van der Waals surface area (Å²) in [5.41, 5.74) is 3.36. The topological polar surface area (TPSA) is 87.6 Å². The Morgan fingerprint density at radius 2 is 2.00 bits per heavy atom. The maximum Gasteiger partial charge on any atom is 0.229 e. The normalized spacial score (nSPS) is 28.9. The minimum atomic E-state index is -0.424. The van der Waals surface area contributed by atoms with Gasteiger partial charge in [-0.2, -0.15) is 0 Å². The van der Waals surface area contributed by atoms with Crippen molar-refractivity contribution in [2.24, 2.45) is 5.92 Å². The molecule has 7 heteroatoms. The number of likely N-dealkylation sites (tertiary alicyclic amines) is 1. The number of hydrogen-bond donors (Lipinski definition) is 2. The first-order valence-corrected chi connectivity index (χ1v) is 13.1. The highest BCUT2D eigenvalue weighted by atomic mass is 16.5. The van der Waals surface area contributed by atoms with Crippen molar-refractivity contribution in [1.82, 2.24) is 14.9 Å². The first-order valence-electron chi connectivity index (χ1n) is 13.1. The Bertz CT molecular complexity index is 1270. The number of benzene rings is 1. The molecule has 2 N–H and O–H groups in total. The number of aliphatic hydroxyl groups is 1. The third kappa shape index (κ3) is 4.29. The van der Waals surface area contributed by atoms with Gasteiger partial charge in [0, 0.05) is 35.3 Å². The van der Waals surface area contributed by atoms with Crippen LogP contribution in [0.25, 0.3) is 10.8 Å². The number of anilines is 1. The van der Waals surface area contributed by atoms with Gasteiger partial charge in [-0.15, -0.1) is 0 Å². The van der Waals surface area contributed by atoms with Crippen molar-refractivity contribution in [1.29, 1.82) is 0 Å². The van der Waals surface area contributed by atoms with E-state index < -0.39 is 6.10 Å². The van der Waals surface area contributed by atoms with E-state index in [1.54, 1.807) is 6.20 Å². The van der Waals surface area contributed by atoms with Gasteiger partial charge in [0.1, 0.15) is 5.82 Å². The predicted octanol–water partition coefficient (Wildman–Crippen LogP) is 4.01. The quantitative estimate of drug-likeness (QED) is 0.567. The fraction of sp³-hybridized carbons (Fsp3) is 0.483. The van der Waals surface area contributed by atoms with Crippen molar-refractivity contribution in [2.75, 3.05) is 31.6 Å². The van der Waals surface area contributed by atoms with Crippen molar-refractivity contribution in [3.63, 3.8) is 0 Å². The molecule has 2 aromatic heterocycles. The molecule has 4 heterocycles. The van der Waals surface area contributed by atoms with Crippen LogP contribution < -0.4 is 5.32 Å². The van der Waals surface area contributed by atoms with Crippen molar-refractivity contribution in [3.8, 4) is 0 Å². The zero-order valence-corrected chi connectivity index (χ0v) is 21.0. The van der Waals surface area contributed by atoms with Crippen LogP contribution in [0.5, 0.6) is 0 Å². The molecule has 36 heavy (non-hydrogen) atoms. The largest absolute Gasteiger partial charge is 0.389 e. The molecule has 3 aromatic rings. The van der Waals surface area contributed by atoms with E-state index in [0.29, 0.717) is 24.9 Å². The Labute approximate surface area is 211 Å². The summed E-state index contributed by atoms with van der Waals surface area (Å²) in [6.07, 6.45) is 6.16. The molecule has 0 radical (unpaired) electrons. The first-order chi connectivity index (χ1) is 17.4. The Hall–Kier alpha value is -2.87. The number of nitrogens with one attached hydrogen (secondary N) is 1. The summed E-state index contributed by atoms with van der Waals surface area (Å²) in [7, 11) is 0. The third-order valence-corrected chi connectivity index (χ3v) is 8.60. The second kappa shape index (κ2) is 9.21. The highest BCUT2D eigenvalue weighted by Gasteiger charge is 2.46. The number of pyridine rings is 2. The van der Waals surface area contributed by atoms with Gasteiger partial charge in [0.15, 0.2) is 0 Å². The predicted molar refractivity (Wildman–Crippen MR) is 139 cm³/mol. The standard InChI is InChI=1S/C29H34N4O3/c1-18-11-21-15-31-27(32-28(35)24-14-23(24)25-5-3-4-8-30-25)13-20(21)12-22(18)19-6-9-33(10-7-19)29(2)17-36-16-26(29)34/h3-5,8,11-13,15,19,23-24,26,34H,6-7,9-10,14,16-17H2,1-2H3,(H,31,32,35)/t23?,24?,26-,29+/m0/s1. The molecule has 188 valence electrons. The molecule has 6 rings (SSSR count). The first kappa shape index (κ1) is 23.5. The molecule has 1 aliphatic carbocycles. The fourth-order valence-electron chi connectivity index (χ4n) is 6.12. The second-order valence-corrected chi connectivity index (χ2v) is 11.0. The van der Waals surface area contributed by atoms with Gasteiger partial charge in [0.05, 0.1) is 24.9 Å². The van der Waals surface area contributed by atoms with Gasteiger partial charge >= 0.3 is 0 Å². The number of rotatable bonds is 5. The van der Waals surface area contributed by atoms with Crippen molar-refractivity contribution in [3.05, 3.63) is 65.6 Å². The maximum atomic E-state index is 12.8. The smallest absolute Gasteiger partial charge is 0.229 e. The van der Waals surface area contributed by atoms with Gasteiger partial charge in [-0.05, 0) is 92.9 Å². The Morgan fingerprint density at radius 1 is 1.17 bits per heavy atom. The number of aliphatic hydroxyl groups excluding tert-OH is 1. The summed E-state index contributed by atoms with van der Waals surface area (Å²) < 4.78 is 5.56. The summed E-state index contributed by atoms with van der Waals surface area (Å²) in [6, 6.07) is 12.3. The lowest BCUT2D eigenvalue weighted by atomic mass is 9.83. The zero-order chi connectivity index (χ0) is 24.9. The minimum Gasteiger partial charge on any atom is -0.389 e. The summed E-state index contributed by atoms with van der Waals surface area (Å²) in [6.45, 7) is 7.23. The molecule has 1 saturated carbocycles. The molecule has 2 aliphatic heterocycles. The van der Waals surface area contributed by atoms with Crippen molar-refractivity contribution < 1.29 is 14.6 Å². The van der Waals surface area contributed by atoms with Crippen LogP contribution in [0.4, 0.5) is 5.82 Å². The highest BCUT2D eigenvalue weighted by Crippen LogP contribution is 2.47. The average molecular weight is 487 g/mol. The van der Waals surface area contributed by atoms with Gasteiger partial charge in [-0.1, -0.05) is 12.1 Å². The van der Waals surface area contributed by atoms with Crippen LogP contribution in [0, 0.1) is 12.8 Å². The second-order valence-electron chi connectivity index (χ2n) is 11.0. The lowest BCUT2D eigenvalue weighted by Gasteiger charge is -2.44. The number of aromatic nitrogens is 2. The maximum absolute atomic E-state index is 12.8. The van der Waals surface area contributed by atoms with Crippen LogP contribution in [-0.2, 0) is 9.53 Å². The van der Waals surface area contributed by atoms with Crippen LogP contribution >= 0.6 is 0 Å². The number of ether oxygens (including phenoxy) is 1. The van der Waals surface area contributed by atoms with E-state index in [9.17, 15) is 9.90 Å². The van der Waals surface area contributed by atoms with E-state index in [2.05, 4.69) is 46.2 Å². The molecule has 2 saturated heterocycles. The number of nitrogens with zero attached hydrogens (tertiary/aromatic N) is 3. The van der Waals surface area contributed by atoms with E-state index in [4.69, 9.17) is 4.74 Å². The van der Waals surface area contributed by atoms with Crippen LogP contribution in [0.1, 0.15) is 54.8 Å². The summed E-state index contributed by atoms with van der Waals surface area (Å²) in [4.78, 5) is 24.2. The van der Waals surface area contributed by atoms with E-state index in [1.165, 1.54) is 11.1 Å². The van der Waals surface area contributed by atoms with Crippen molar-refractivity contribution in [2.45, 2.75) is 56.6 Å². The van der Waals surface area contributed by atoms with Crippen LogP contribution in [-0.4, -0.2) is 63.8 Å². The number of amides is 1. The van der Waals surface area contributed by atoms with Gasteiger partial charge in [0.2, 0.25) is 5.91 Å². The molecule has 0 spiro atoms. The van der Waals surface area contributed by atoms with E-state index in [1.807, 2.05) is 30.5 Å². The Kier molecular flexibility index (Phi) is 6.02. The zero-order valence-electron chi connectivity index (χ0n) is 21.0. The number of carbonyl (C=O) groups is 1. The Morgan fingerprint density at radius 3 is 2.72 bits per heavy atom. The van der Waals surface area contributed by atoms with Gasteiger partial charge in [-0.25, -0.2) is 4.98 Å². The Balaban J connectivity index is 1.15. The van der Waals surface area contributed by atoms with Crippen molar-refractivity contribution >= 4 is 22.5 Å². The molecule has 0 bridgehead atoms. The molecule has 7 nitrogen and oxygen atoms in total. The summed E-state index contributed by atoms with van der Waals surface area (Å²) in [5.74, 6) is 1.26. The van der Waals surface area contributed by atoms with Gasteiger partial charge in [0.25, 0.3) is 0 Å². The van der Waals surface area contributed by atoms with Crippen LogP contribution in [0.15, 0.2) is 48.8 Å². The molecule has 3 aliphatic rings. The summed E-state index contributed by atoms with van der Waals surface area (Å²) in [5, 5.41) is 15.7. The molecule has 1 aromatic carbocycles. The van der Waals surface area contributed by atoms with E-state index in [-0.39, 0.29) is 23.3 Å². The number of piperidine rings is 1. The monoisotopic (exact) mass is 486 g/mol. The minimum absolute atomic E-state index is 0.0174. The highest BCUT2D eigenvalue weighted by molar-refractivity contribution is 5.96. The lowest BCUT2D eigenvalue weighted by molar-refractivity contribution is -0.117. The average Bonchev–Trinajstić information content (AvgIpc) is 3.63. The number of carbonyl (C=O) groups excluding carboxylic acids is 1. The number of aryl methyl sites for hydroxylation is 1. The number of fused-ring (bicyclic) bond motifs is 1. The van der Waals surface area contributed by atoms with Gasteiger partial charge in [-0.3, -0.25) is 14.7 Å². The molecule has 1 amide bonds. The molecular formula is C29H34N4O3. The molecular weight excluding hydrogens is 452 g/mol. The molecule has 2 unspecified atom stereocenters. The van der Waals surface area contributed by atoms with E-state index in [0.717, 1.165) is 48.8 Å². The van der Waals surface area contributed by atoms with Gasteiger partial charge < -0.3 is 15.2 Å². The van der Waals surface area contributed by atoms with Crippen LogP contribution in [0.2, 0.25) is 0 Å². The fourth-order valence-corrected chi connectivity index (χ4v) is 6.12. The van der Waals surface area contributed by atoms with E-state index >= 15 is 0 Å².